The average Bonchev–Trinajstić information content (AvgIpc) is 2.44. The Morgan fingerprint density at radius 3 is 2.00 bits per heavy atom. The van der Waals surface area contributed by atoms with Crippen LogP contribution in [0.5, 0.6) is 0 Å². The van der Waals surface area contributed by atoms with E-state index in [4.69, 9.17) is 23.7 Å². The molecule has 136 valence electrons. The summed E-state index contributed by atoms with van der Waals surface area (Å²) in [6.07, 6.45) is -5.28. The van der Waals surface area contributed by atoms with Gasteiger partial charge < -0.3 is 23.7 Å². The lowest BCUT2D eigenvalue weighted by molar-refractivity contribution is -0.228. The second-order valence-corrected chi connectivity index (χ2v) is 4.91. The normalized spacial score (nSPS) is 26.0. The van der Waals surface area contributed by atoms with Crippen LogP contribution in [0.15, 0.2) is 0 Å². The van der Waals surface area contributed by atoms with Gasteiger partial charge in [-0.05, 0) is 6.92 Å². The lowest BCUT2D eigenvalue weighted by Crippen LogP contribution is -2.62. The number of rotatable bonds is 5. The molecule has 0 aromatic rings. The summed E-state index contributed by atoms with van der Waals surface area (Å²) in [6, 6.07) is 0. The number of amides is 1. The number of nitrogens with one attached hydrogen (secondary N) is 1. The van der Waals surface area contributed by atoms with E-state index in [1.54, 1.807) is 6.92 Å². The Labute approximate surface area is 138 Å². The number of hydrogen-bond acceptors (Lipinski definition) is 9. The largest absolute Gasteiger partial charge is 0.456 e. The second kappa shape index (κ2) is 9.06. The van der Waals surface area contributed by atoms with Crippen LogP contribution >= 0.6 is 0 Å². The Morgan fingerprint density at radius 2 is 1.50 bits per heavy atom. The third-order valence-corrected chi connectivity index (χ3v) is 2.89. The maximum atomic E-state index is 11.6. The lowest BCUT2D eigenvalue weighted by atomic mass is 10.0. The first-order valence-corrected chi connectivity index (χ1v) is 7.31. The van der Waals surface area contributed by atoms with E-state index < -0.39 is 48.5 Å². The van der Waals surface area contributed by atoms with Crippen LogP contribution in [0.25, 0.3) is 0 Å². The van der Waals surface area contributed by atoms with Crippen molar-refractivity contribution in [2.24, 2.45) is 0 Å². The van der Waals surface area contributed by atoms with Crippen molar-refractivity contribution in [3.8, 4) is 0 Å². The fraction of sp³-hybridized carbons (Fsp3) is 0.714. The Bertz CT molecular complexity index is 493. The SMILES string of the molecule is CCOC(=O)N[C@@H]1OC[C@@H](OC(C)=O)[C@@H](OC(C)=O)[C@H]1OC(C)=O. The third kappa shape index (κ3) is 6.03. The van der Waals surface area contributed by atoms with E-state index >= 15 is 0 Å². The summed E-state index contributed by atoms with van der Waals surface area (Å²) in [7, 11) is 0. The van der Waals surface area contributed by atoms with Crippen LogP contribution in [0, 0.1) is 0 Å². The van der Waals surface area contributed by atoms with Crippen molar-refractivity contribution in [2.75, 3.05) is 13.2 Å². The first-order chi connectivity index (χ1) is 11.2. The Kier molecular flexibility index (Phi) is 7.43. The summed E-state index contributed by atoms with van der Waals surface area (Å²) >= 11 is 0. The van der Waals surface area contributed by atoms with E-state index in [-0.39, 0.29) is 13.2 Å². The maximum absolute atomic E-state index is 11.6. The molecule has 0 aromatic heterocycles. The first kappa shape index (κ1) is 19.7. The highest BCUT2D eigenvalue weighted by Gasteiger charge is 2.47. The highest BCUT2D eigenvalue weighted by Crippen LogP contribution is 2.23. The van der Waals surface area contributed by atoms with E-state index in [9.17, 15) is 19.2 Å². The molecule has 0 unspecified atom stereocenters. The van der Waals surface area contributed by atoms with Gasteiger partial charge in [-0.1, -0.05) is 0 Å². The zero-order valence-electron chi connectivity index (χ0n) is 13.9. The first-order valence-electron chi connectivity index (χ1n) is 7.31. The van der Waals surface area contributed by atoms with E-state index in [0.717, 1.165) is 13.8 Å². The average molecular weight is 347 g/mol. The minimum absolute atomic E-state index is 0.125. The maximum Gasteiger partial charge on any atom is 0.409 e. The number of hydrogen-bond donors (Lipinski definition) is 1. The molecular formula is C14H21NO9. The Hall–Kier alpha value is -2.36. The van der Waals surface area contributed by atoms with Gasteiger partial charge in [0, 0.05) is 20.8 Å². The highest BCUT2D eigenvalue weighted by molar-refractivity contribution is 5.69. The Balaban J connectivity index is 3.01. The number of ether oxygens (including phenoxy) is 5. The van der Waals surface area contributed by atoms with Gasteiger partial charge in [-0.3, -0.25) is 19.7 Å². The van der Waals surface area contributed by atoms with E-state index in [2.05, 4.69) is 5.32 Å². The zero-order chi connectivity index (χ0) is 18.3. The molecule has 0 spiro atoms. The molecule has 0 saturated carbocycles. The van der Waals surface area contributed by atoms with Crippen LogP contribution in [0.1, 0.15) is 27.7 Å². The van der Waals surface area contributed by atoms with Crippen LogP contribution in [0.2, 0.25) is 0 Å². The molecule has 0 bridgehead atoms. The predicted octanol–water partition coefficient (Wildman–Crippen LogP) is -0.116. The summed E-state index contributed by atoms with van der Waals surface area (Å²) in [5.74, 6) is -2.00. The van der Waals surface area contributed by atoms with Gasteiger partial charge in [0.05, 0.1) is 13.2 Å². The van der Waals surface area contributed by atoms with E-state index in [0.29, 0.717) is 0 Å². The van der Waals surface area contributed by atoms with Gasteiger partial charge in [-0.25, -0.2) is 4.79 Å². The number of carbonyl (C=O) groups is 4. The van der Waals surface area contributed by atoms with Gasteiger partial charge >= 0.3 is 24.0 Å². The molecule has 1 aliphatic rings. The topological polar surface area (TPSA) is 126 Å². The molecule has 24 heavy (non-hydrogen) atoms. The van der Waals surface area contributed by atoms with Crippen molar-refractivity contribution in [3.63, 3.8) is 0 Å². The summed E-state index contributed by atoms with van der Waals surface area (Å²) in [4.78, 5) is 45.5. The van der Waals surface area contributed by atoms with Crippen molar-refractivity contribution < 1.29 is 42.9 Å². The van der Waals surface area contributed by atoms with Gasteiger partial charge in [-0.15, -0.1) is 0 Å². The number of carbonyl (C=O) groups excluding carboxylic acids is 4. The van der Waals surface area contributed by atoms with E-state index in [1.807, 2.05) is 0 Å². The molecule has 1 N–H and O–H groups in total. The van der Waals surface area contributed by atoms with Crippen molar-refractivity contribution >= 4 is 24.0 Å². The quantitative estimate of drug-likeness (QED) is 0.535. The molecular weight excluding hydrogens is 326 g/mol. The molecule has 1 fully saturated rings. The summed E-state index contributed by atoms with van der Waals surface area (Å²) < 4.78 is 25.4. The molecule has 10 nitrogen and oxygen atoms in total. The van der Waals surface area contributed by atoms with Crippen LogP contribution in [-0.2, 0) is 38.1 Å². The third-order valence-electron chi connectivity index (χ3n) is 2.89. The number of esters is 3. The van der Waals surface area contributed by atoms with Crippen LogP contribution < -0.4 is 5.32 Å². The molecule has 1 saturated heterocycles. The summed E-state index contributed by atoms with van der Waals surface area (Å²) in [6.45, 7) is 5.03. The zero-order valence-corrected chi connectivity index (χ0v) is 13.9. The molecule has 1 amide bonds. The molecule has 1 aliphatic heterocycles. The van der Waals surface area contributed by atoms with Gasteiger partial charge in [-0.2, -0.15) is 0 Å². The molecule has 0 radical (unpaired) electrons. The predicted molar refractivity (Wildman–Crippen MR) is 76.6 cm³/mol. The van der Waals surface area contributed by atoms with Crippen LogP contribution in [-0.4, -0.2) is 61.8 Å². The van der Waals surface area contributed by atoms with Crippen LogP contribution in [0.4, 0.5) is 4.79 Å². The minimum Gasteiger partial charge on any atom is -0.456 e. The van der Waals surface area contributed by atoms with Crippen molar-refractivity contribution in [3.05, 3.63) is 0 Å². The molecule has 10 heteroatoms. The summed E-state index contributed by atoms with van der Waals surface area (Å²) in [5.41, 5.74) is 0. The van der Waals surface area contributed by atoms with E-state index in [1.165, 1.54) is 6.92 Å². The minimum atomic E-state index is -1.21. The van der Waals surface area contributed by atoms with Crippen LogP contribution in [0.3, 0.4) is 0 Å². The number of alkyl carbamates (subject to hydrolysis) is 1. The summed E-state index contributed by atoms with van der Waals surface area (Å²) in [5, 5.41) is 2.36. The molecule has 4 atom stereocenters. The fourth-order valence-electron chi connectivity index (χ4n) is 2.15. The van der Waals surface area contributed by atoms with Gasteiger partial charge in [0.1, 0.15) is 0 Å². The molecule has 0 aliphatic carbocycles. The van der Waals surface area contributed by atoms with Crippen molar-refractivity contribution in [2.45, 2.75) is 52.2 Å². The molecule has 1 rings (SSSR count). The molecule has 1 heterocycles. The van der Waals surface area contributed by atoms with Gasteiger partial charge in [0.2, 0.25) is 0 Å². The van der Waals surface area contributed by atoms with Crippen molar-refractivity contribution in [1.82, 2.24) is 5.32 Å². The standard InChI is InChI=1S/C14H21NO9/c1-5-20-14(19)15-13-12(24-9(4)18)11(23-8(3)17)10(6-21-13)22-7(2)16/h10-13H,5-6H2,1-4H3,(H,15,19)/t10-,11-,12-,13-/m1/s1. The van der Waals surface area contributed by atoms with Crippen molar-refractivity contribution in [1.29, 1.82) is 0 Å². The Morgan fingerprint density at radius 1 is 0.958 bits per heavy atom. The second-order valence-electron chi connectivity index (χ2n) is 4.91. The smallest absolute Gasteiger partial charge is 0.409 e. The molecule has 0 aromatic carbocycles. The van der Waals surface area contributed by atoms with Gasteiger partial charge in [0.25, 0.3) is 0 Å². The fourth-order valence-corrected chi connectivity index (χ4v) is 2.15. The van der Waals surface area contributed by atoms with Gasteiger partial charge in [0.15, 0.2) is 24.5 Å². The monoisotopic (exact) mass is 347 g/mol. The highest BCUT2D eigenvalue weighted by atomic mass is 16.6. The lowest BCUT2D eigenvalue weighted by Gasteiger charge is -2.40.